The summed E-state index contributed by atoms with van der Waals surface area (Å²) in [4.78, 5) is 44.9. The van der Waals surface area contributed by atoms with E-state index in [2.05, 4.69) is 36.6 Å². The van der Waals surface area contributed by atoms with Crippen LogP contribution in [0.4, 0.5) is 4.39 Å². The molecular formula is C44H64FN3O9. The molecule has 1 heterocycles. The van der Waals surface area contributed by atoms with E-state index < -0.39 is 45.9 Å². The summed E-state index contributed by atoms with van der Waals surface area (Å²) in [5.74, 6) is -2.06. The van der Waals surface area contributed by atoms with Crippen molar-refractivity contribution in [3.8, 4) is 0 Å². The van der Waals surface area contributed by atoms with Gasteiger partial charge < -0.3 is 35.4 Å². The molecule has 6 rings (SSSR count). The molecule has 4 fully saturated rings. The summed E-state index contributed by atoms with van der Waals surface area (Å²) in [5, 5.41) is 41.4. The predicted molar refractivity (Wildman–Crippen MR) is 211 cm³/mol. The number of aliphatic hydroxyl groups excluding tert-OH is 2. The lowest BCUT2D eigenvalue weighted by molar-refractivity contribution is -0.219. The number of ketones is 1. The van der Waals surface area contributed by atoms with Gasteiger partial charge in [-0.15, -0.1) is 0 Å². The molecule has 0 spiro atoms. The maximum Gasteiger partial charge on any atom is 0.252 e. The van der Waals surface area contributed by atoms with Gasteiger partial charge in [0.25, 0.3) is 5.91 Å². The minimum absolute atomic E-state index is 0.0422. The Morgan fingerprint density at radius 3 is 2.53 bits per heavy atom. The number of rotatable bonds is 17. The zero-order valence-electron chi connectivity index (χ0n) is 34.3. The lowest BCUT2D eigenvalue weighted by Crippen LogP contribution is -2.70. The van der Waals surface area contributed by atoms with Crippen LogP contribution in [0.15, 0.2) is 54.1 Å². The maximum atomic E-state index is 17.4. The van der Waals surface area contributed by atoms with Crippen molar-refractivity contribution in [3.63, 3.8) is 0 Å². The molecule has 2 amide bonds. The minimum Gasteiger partial charge on any atom is -0.396 e. The summed E-state index contributed by atoms with van der Waals surface area (Å²) >= 11 is 0. The lowest BCUT2D eigenvalue weighted by Gasteiger charge is -2.62. The molecule has 5 N–H and O–H groups in total. The van der Waals surface area contributed by atoms with E-state index in [1.807, 2.05) is 30.2 Å². The highest BCUT2D eigenvalue weighted by atomic mass is 19.1. The number of carbonyl (C=O) groups excluding carboxylic acids is 3. The van der Waals surface area contributed by atoms with Crippen LogP contribution in [0.2, 0.25) is 0 Å². The van der Waals surface area contributed by atoms with Crippen LogP contribution in [0, 0.1) is 34.5 Å². The molecule has 0 radical (unpaired) electrons. The van der Waals surface area contributed by atoms with E-state index in [-0.39, 0.29) is 75.3 Å². The second-order valence-corrected chi connectivity index (χ2v) is 18.1. The summed E-state index contributed by atoms with van der Waals surface area (Å²) in [5.41, 5.74) is -4.62. The monoisotopic (exact) mass is 797 g/mol. The van der Waals surface area contributed by atoms with Gasteiger partial charge in [-0.25, -0.2) is 4.39 Å². The van der Waals surface area contributed by atoms with E-state index in [0.29, 0.717) is 56.7 Å². The molecule has 1 aliphatic heterocycles. The van der Waals surface area contributed by atoms with Crippen molar-refractivity contribution in [1.82, 2.24) is 15.7 Å². The van der Waals surface area contributed by atoms with E-state index in [1.54, 1.807) is 19.9 Å². The van der Waals surface area contributed by atoms with E-state index >= 15 is 4.39 Å². The van der Waals surface area contributed by atoms with Crippen LogP contribution in [0.25, 0.3) is 0 Å². The molecular weight excluding hydrogens is 733 g/mol. The molecule has 12 nitrogen and oxygen atoms in total. The Hall–Kier alpha value is -3.04. The maximum absolute atomic E-state index is 17.4. The summed E-state index contributed by atoms with van der Waals surface area (Å²) in [6, 6.07) is 10.1. The van der Waals surface area contributed by atoms with Crippen LogP contribution in [0.3, 0.4) is 0 Å². The first-order valence-corrected chi connectivity index (χ1v) is 20.9. The molecule has 316 valence electrons. The number of allylic oxidation sites excluding steroid dienone is 4. The fourth-order valence-corrected chi connectivity index (χ4v) is 11.5. The number of halogens is 1. The molecule has 13 heteroatoms. The third-order valence-electron chi connectivity index (χ3n) is 14.2. The number of nitrogens with zero attached hydrogens (tertiary/aromatic N) is 1. The van der Waals surface area contributed by atoms with Crippen molar-refractivity contribution in [2.45, 2.75) is 115 Å². The molecule has 1 aromatic carbocycles. The van der Waals surface area contributed by atoms with Gasteiger partial charge in [0, 0.05) is 43.0 Å². The van der Waals surface area contributed by atoms with E-state index in [0.717, 1.165) is 12.0 Å². The van der Waals surface area contributed by atoms with Crippen molar-refractivity contribution in [3.05, 3.63) is 59.7 Å². The third kappa shape index (κ3) is 8.02. The SMILES string of the molecule is CC(C)C[C@]1(CCO)C[C@H](CNC(=O)COCCOCCNC(=O)[C@@]2(O)[C@H](C)C[C@H]3[C@@H]4CCC5=CC(=O)C=C[C@]5(C)[C@@]4(F)[C@@H](O)C[C@@]32C)ON1Cc1ccccc1. The van der Waals surface area contributed by atoms with Gasteiger partial charge in [-0.3, -0.25) is 19.2 Å². The highest BCUT2D eigenvalue weighted by molar-refractivity contribution is 6.01. The Morgan fingerprint density at radius 1 is 1.07 bits per heavy atom. The number of hydroxylamine groups is 2. The second-order valence-electron chi connectivity index (χ2n) is 18.1. The Balaban J connectivity index is 0.922. The first-order chi connectivity index (χ1) is 27.0. The van der Waals surface area contributed by atoms with Gasteiger partial charge in [0.05, 0.1) is 37.6 Å². The fourth-order valence-electron chi connectivity index (χ4n) is 11.5. The number of fused-ring (bicyclic) bond motifs is 5. The smallest absolute Gasteiger partial charge is 0.252 e. The van der Waals surface area contributed by atoms with Crippen molar-refractivity contribution >= 4 is 17.6 Å². The van der Waals surface area contributed by atoms with Crippen molar-refractivity contribution in [2.75, 3.05) is 46.1 Å². The first-order valence-electron chi connectivity index (χ1n) is 20.9. The van der Waals surface area contributed by atoms with Gasteiger partial charge >= 0.3 is 0 Å². The summed E-state index contributed by atoms with van der Waals surface area (Å²) in [6.07, 6.45) is 6.18. The molecule has 57 heavy (non-hydrogen) atoms. The number of hydrogen-bond donors (Lipinski definition) is 5. The van der Waals surface area contributed by atoms with Gasteiger partial charge in [0.15, 0.2) is 17.1 Å². The zero-order valence-corrected chi connectivity index (χ0v) is 34.3. The van der Waals surface area contributed by atoms with Gasteiger partial charge in [-0.1, -0.05) is 69.7 Å². The largest absolute Gasteiger partial charge is 0.396 e. The van der Waals surface area contributed by atoms with Crippen LogP contribution in [-0.4, -0.2) is 113 Å². The number of aliphatic hydroxyl groups is 3. The molecule has 1 aromatic rings. The van der Waals surface area contributed by atoms with Crippen LogP contribution in [0.1, 0.15) is 85.1 Å². The molecule has 1 saturated heterocycles. The number of carbonyl (C=O) groups is 3. The van der Waals surface area contributed by atoms with E-state index in [9.17, 15) is 29.7 Å². The number of nitrogens with one attached hydrogen (secondary N) is 2. The van der Waals surface area contributed by atoms with Crippen LogP contribution >= 0.6 is 0 Å². The quantitative estimate of drug-likeness (QED) is 0.146. The molecule has 0 bridgehead atoms. The Morgan fingerprint density at radius 2 is 1.81 bits per heavy atom. The average Bonchev–Trinajstić information content (AvgIpc) is 3.59. The zero-order chi connectivity index (χ0) is 41.2. The normalized spacial score (nSPS) is 37.4. The standard InChI is InChI=1S/C44H64FN3O9/c1-29(2)23-42(15-17-49)24-34(57-48(42)27-31-9-7-6-8-10-31)26-47-38(52)28-56-20-19-55-18-16-46-39(53)44(54)30(3)21-36-35-12-11-32-22-33(50)13-14-40(32,4)43(35,45)37(51)25-41(36,44)5/h6-10,13-14,22,29-30,34-37,49,51,54H,11-12,15-21,23-28H2,1-5H3,(H,46,53)(H,47,52)/t30-,34-,35+,36+,37+,40+,41+,42-,43+,44+/m1/s1. The number of alkyl halides is 1. The Kier molecular flexibility index (Phi) is 13.2. The lowest BCUT2D eigenvalue weighted by atomic mass is 9.44. The number of benzene rings is 1. The molecule has 4 aliphatic carbocycles. The topological polar surface area (TPSA) is 167 Å². The highest BCUT2D eigenvalue weighted by Crippen LogP contribution is 2.70. The number of amides is 2. The van der Waals surface area contributed by atoms with Gasteiger partial charge in [0.1, 0.15) is 6.61 Å². The number of ether oxygens (including phenoxy) is 2. The fraction of sp³-hybridized carbons (Fsp3) is 0.705. The third-order valence-corrected chi connectivity index (χ3v) is 14.2. The van der Waals surface area contributed by atoms with Crippen molar-refractivity contribution in [1.29, 1.82) is 0 Å². The molecule has 10 atom stereocenters. The van der Waals surface area contributed by atoms with Crippen LogP contribution < -0.4 is 10.6 Å². The van der Waals surface area contributed by atoms with Gasteiger partial charge in [-0.2, -0.15) is 5.06 Å². The Bertz CT molecular complexity index is 1680. The molecule has 0 aromatic heterocycles. The van der Waals surface area contributed by atoms with Crippen molar-refractivity contribution in [2.24, 2.45) is 34.5 Å². The van der Waals surface area contributed by atoms with Crippen LogP contribution in [0.5, 0.6) is 0 Å². The van der Waals surface area contributed by atoms with Gasteiger partial charge in [0.2, 0.25) is 5.91 Å². The van der Waals surface area contributed by atoms with Crippen molar-refractivity contribution < 1.29 is 48.4 Å². The predicted octanol–water partition coefficient (Wildman–Crippen LogP) is 3.97. The highest BCUT2D eigenvalue weighted by Gasteiger charge is 2.75. The van der Waals surface area contributed by atoms with Gasteiger partial charge in [-0.05, 0) is 87.3 Å². The van der Waals surface area contributed by atoms with Crippen LogP contribution in [-0.2, 0) is 35.2 Å². The summed E-state index contributed by atoms with van der Waals surface area (Å²) in [6.45, 7) is 11.1. The van der Waals surface area contributed by atoms with E-state index in [1.165, 1.54) is 12.2 Å². The summed E-state index contributed by atoms with van der Waals surface area (Å²) in [7, 11) is 0. The average molecular weight is 798 g/mol. The summed E-state index contributed by atoms with van der Waals surface area (Å²) < 4.78 is 28.6. The molecule has 3 saturated carbocycles. The Labute approximate surface area is 336 Å². The number of hydrogen-bond acceptors (Lipinski definition) is 10. The van der Waals surface area contributed by atoms with E-state index in [4.69, 9.17) is 14.3 Å². The second kappa shape index (κ2) is 17.3. The first kappa shape index (κ1) is 43.5. The minimum atomic E-state index is -2.04. The molecule has 0 unspecified atom stereocenters. The molecule has 5 aliphatic rings.